The molecule has 0 bridgehead atoms. The molecule has 31 heavy (non-hydrogen) atoms. The predicted molar refractivity (Wildman–Crippen MR) is 110 cm³/mol. The van der Waals surface area contributed by atoms with Crippen LogP contribution in [-0.2, 0) is 9.53 Å². The molecule has 2 amide bonds. The molecule has 0 saturated carbocycles. The van der Waals surface area contributed by atoms with Crippen LogP contribution in [0.25, 0.3) is 0 Å². The molecule has 2 rings (SSSR count). The number of carboxylic acids is 1. The zero-order chi connectivity index (χ0) is 23.2. The van der Waals surface area contributed by atoms with Gasteiger partial charge in [0.2, 0.25) is 5.91 Å². The minimum absolute atomic E-state index is 0.0176. The highest BCUT2D eigenvalue weighted by Crippen LogP contribution is 2.25. The summed E-state index contributed by atoms with van der Waals surface area (Å²) >= 11 is 0. The molecule has 0 radical (unpaired) electrons. The van der Waals surface area contributed by atoms with Gasteiger partial charge in [-0.15, -0.1) is 0 Å². The van der Waals surface area contributed by atoms with Crippen molar-refractivity contribution in [3.63, 3.8) is 0 Å². The van der Waals surface area contributed by atoms with Crippen molar-refractivity contribution in [1.82, 2.24) is 4.98 Å². The maximum Gasteiger partial charge on any atom is 0.412 e. The standard InChI is InChI=1S/C21H20N4O6/c1-21(2,3)31-20(30)25-15-5-4-13(19(28)29)9-16(15)24-18(27)10-17(26)12-6-7-23-14(8-12)11-22/h4-9H,10H2,1-3H3,(H,24,27)(H,25,30)(H,28,29). The fraction of sp³-hybridized carbons (Fsp3) is 0.238. The Kier molecular flexibility index (Phi) is 7.05. The van der Waals surface area contributed by atoms with Crippen molar-refractivity contribution < 1.29 is 29.0 Å². The van der Waals surface area contributed by atoms with E-state index in [4.69, 9.17) is 10.00 Å². The van der Waals surface area contributed by atoms with Crippen molar-refractivity contribution in [3.05, 3.63) is 53.3 Å². The van der Waals surface area contributed by atoms with Crippen LogP contribution in [0.1, 0.15) is 53.6 Å². The van der Waals surface area contributed by atoms with Gasteiger partial charge in [0.25, 0.3) is 0 Å². The number of pyridine rings is 1. The number of nitrogens with one attached hydrogen (secondary N) is 2. The molecule has 2 aromatic rings. The van der Waals surface area contributed by atoms with Crippen LogP contribution in [0.15, 0.2) is 36.5 Å². The molecule has 0 aliphatic heterocycles. The zero-order valence-corrected chi connectivity index (χ0v) is 17.1. The first-order chi connectivity index (χ1) is 14.5. The molecule has 10 heteroatoms. The van der Waals surface area contributed by atoms with Crippen molar-refractivity contribution >= 4 is 35.1 Å². The summed E-state index contributed by atoms with van der Waals surface area (Å²) in [4.78, 5) is 51.8. The van der Waals surface area contributed by atoms with Crippen LogP contribution in [-0.4, -0.2) is 39.4 Å². The monoisotopic (exact) mass is 424 g/mol. The molecule has 0 fully saturated rings. The lowest BCUT2D eigenvalue weighted by atomic mass is 10.1. The van der Waals surface area contributed by atoms with Crippen molar-refractivity contribution in [2.45, 2.75) is 32.8 Å². The Labute approximate surface area is 177 Å². The predicted octanol–water partition coefficient (Wildman–Crippen LogP) is 3.21. The van der Waals surface area contributed by atoms with Crippen LogP contribution < -0.4 is 10.6 Å². The SMILES string of the molecule is CC(C)(C)OC(=O)Nc1ccc(C(=O)O)cc1NC(=O)CC(=O)c1ccnc(C#N)c1. The first-order valence-corrected chi connectivity index (χ1v) is 9.05. The molecule has 0 saturated heterocycles. The van der Waals surface area contributed by atoms with E-state index < -0.39 is 35.8 Å². The molecule has 0 spiro atoms. The Morgan fingerprint density at radius 2 is 1.77 bits per heavy atom. The van der Waals surface area contributed by atoms with E-state index in [1.807, 2.05) is 0 Å². The number of hydrogen-bond acceptors (Lipinski definition) is 7. The molecule has 160 valence electrons. The quantitative estimate of drug-likeness (QED) is 0.471. The Hall–Kier alpha value is -4.26. The molecule has 10 nitrogen and oxygen atoms in total. The third kappa shape index (κ3) is 6.93. The highest BCUT2D eigenvalue weighted by molar-refractivity contribution is 6.12. The highest BCUT2D eigenvalue weighted by atomic mass is 16.6. The van der Waals surface area contributed by atoms with Crippen LogP contribution in [0.2, 0.25) is 0 Å². The summed E-state index contributed by atoms with van der Waals surface area (Å²) in [6, 6.07) is 8.13. The molecule has 0 aliphatic carbocycles. The normalized spacial score (nSPS) is 10.5. The highest BCUT2D eigenvalue weighted by Gasteiger charge is 2.20. The minimum atomic E-state index is -1.24. The zero-order valence-electron chi connectivity index (χ0n) is 17.1. The van der Waals surface area contributed by atoms with E-state index in [9.17, 15) is 24.3 Å². The van der Waals surface area contributed by atoms with Gasteiger partial charge in [0.1, 0.15) is 17.4 Å². The molecule has 0 atom stereocenters. The second-order valence-electron chi connectivity index (χ2n) is 7.38. The molecule has 1 aromatic carbocycles. The lowest BCUT2D eigenvalue weighted by Gasteiger charge is -2.20. The third-order valence-corrected chi connectivity index (χ3v) is 3.69. The number of carboxylic acid groups (broad SMARTS) is 1. The van der Waals surface area contributed by atoms with E-state index in [1.54, 1.807) is 26.8 Å². The van der Waals surface area contributed by atoms with Gasteiger partial charge in [0, 0.05) is 11.8 Å². The number of rotatable bonds is 6. The van der Waals surface area contributed by atoms with Crippen LogP contribution >= 0.6 is 0 Å². The molecule has 0 aliphatic rings. The first-order valence-electron chi connectivity index (χ1n) is 9.05. The number of hydrogen-bond donors (Lipinski definition) is 3. The molecule has 0 unspecified atom stereocenters. The average molecular weight is 424 g/mol. The number of aromatic nitrogens is 1. The average Bonchev–Trinajstić information content (AvgIpc) is 2.67. The summed E-state index contributed by atoms with van der Waals surface area (Å²) in [5.74, 6) is -2.54. The van der Waals surface area contributed by atoms with E-state index in [2.05, 4.69) is 15.6 Å². The molecule has 1 aromatic heterocycles. The number of anilines is 2. The number of carbonyl (C=O) groups excluding carboxylic acids is 3. The first kappa shape index (κ1) is 23.0. The Balaban J connectivity index is 2.20. The summed E-state index contributed by atoms with van der Waals surface area (Å²) in [5.41, 5.74) is -0.665. The maximum absolute atomic E-state index is 12.4. The number of ether oxygens (including phenoxy) is 1. The van der Waals surface area contributed by atoms with E-state index in [0.717, 1.165) is 6.07 Å². The van der Waals surface area contributed by atoms with Crippen LogP contribution in [0.4, 0.5) is 16.2 Å². The largest absolute Gasteiger partial charge is 0.478 e. The van der Waals surface area contributed by atoms with Gasteiger partial charge in [0.15, 0.2) is 5.78 Å². The number of nitriles is 1. The summed E-state index contributed by atoms with van der Waals surface area (Å²) in [6.07, 6.45) is -0.0935. The summed E-state index contributed by atoms with van der Waals surface area (Å²) in [7, 11) is 0. The smallest absolute Gasteiger partial charge is 0.412 e. The summed E-state index contributed by atoms with van der Waals surface area (Å²) in [5, 5.41) is 22.9. The molecular weight excluding hydrogens is 404 g/mol. The number of nitrogens with zero attached hydrogens (tertiary/aromatic N) is 2. The van der Waals surface area contributed by atoms with Gasteiger partial charge in [-0.3, -0.25) is 14.9 Å². The fourth-order valence-electron chi connectivity index (χ4n) is 2.41. The van der Waals surface area contributed by atoms with Crippen LogP contribution in [0, 0.1) is 11.3 Å². The van der Waals surface area contributed by atoms with E-state index >= 15 is 0 Å². The number of ketones is 1. The minimum Gasteiger partial charge on any atom is -0.478 e. The lowest BCUT2D eigenvalue weighted by molar-refractivity contribution is -0.115. The number of amides is 2. The maximum atomic E-state index is 12.4. The lowest BCUT2D eigenvalue weighted by Crippen LogP contribution is -2.27. The number of Topliss-reactive ketones (excluding diaryl/α,β-unsaturated/α-hetero) is 1. The second-order valence-corrected chi connectivity index (χ2v) is 7.38. The van der Waals surface area contributed by atoms with Crippen molar-refractivity contribution in [1.29, 1.82) is 5.26 Å². The van der Waals surface area contributed by atoms with E-state index in [-0.39, 0.29) is 28.2 Å². The summed E-state index contributed by atoms with van der Waals surface area (Å²) in [6.45, 7) is 5.02. The van der Waals surface area contributed by atoms with Crippen molar-refractivity contribution in [2.24, 2.45) is 0 Å². The second kappa shape index (κ2) is 9.49. The van der Waals surface area contributed by atoms with Crippen molar-refractivity contribution in [3.8, 4) is 6.07 Å². The van der Waals surface area contributed by atoms with E-state index in [0.29, 0.717) is 0 Å². The number of benzene rings is 1. The Bertz CT molecular complexity index is 1080. The van der Waals surface area contributed by atoms with Gasteiger partial charge in [0.05, 0.1) is 23.4 Å². The molecular formula is C21H20N4O6. The van der Waals surface area contributed by atoms with Crippen LogP contribution in [0.5, 0.6) is 0 Å². The molecule has 3 N–H and O–H groups in total. The van der Waals surface area contributed by atoms with Gasteiger partial charge >= 0.3 is 12.1 Å². The number of carbonyl (C=O) groups is 4. The van der Waals surface area contributed by atoms with Gasteiger partial charge in [-0.05, 0) is 51.1 Å². The number of aromatic carboxylic acids is 1. The molecule has 1 heterocycles. The van der Waals surface area contributed by atoms with Gasteiger partial charge in [-0.2, -0.15) is 5.26 Å². The van der Waals surface area contributed by atoms with Crippen molar-refractivity contribution in [2.75, 3.05) is 10.6 Å². The fourth-order valence-corrected chi connectivity index (χ4v) is 2.41. The Morgan fingerprint density at radius 1 is 1.06 bits per heavy atom. The van der Waals surface area contributed by atoms with E-state index in [1.165, 1.54) is 30.5 Å². The third-order valence-electron chi connectivity index (χ3n) is 3.69. The van der Waals surface area contributed by atoms with Gasteiger partial charge in [-0.1, -0.05) is 0 Å². The van der Waals surface area contributed by atoms with Gasteiger partial charge < -0.3 is 15.2 Å². The van der Waals surface area contributed by atoms with Gasteiger partial charge in [-0.25, -0.2) is 14.6 Å². The van der Waals surface area contributed by atoms with Crippen LogP contribution in [0.3, 0.4) is 0 Å². The topological polar surface area (TPSA) is 158 Å². The summed E-state index contributed by atoms with van der Waals surface area (Å²) < 4.78 is 5.16. The Morgan fingerprint density at radius 3 is 2.39 bits per heavy atom.